The number of aromatic carboxylic acids is 1. The molecule has 0 radical (unpaired) electrons. The molecule has 6 nitrogen and oxygen atoms in total. The highest BCUT2D eigenvalue weighted by molar-refractivity contribution is 5.99. The van der Waals surface area contributed by atoms with Crippen LogP contribution in [-0.4, -0.2) is 26.6 Å². The average Bonchev–Trinajstić information content (AvgIpc) is 2.59. The maximum atomic E-state index is 12.5. The second-order valence-corrected chi connectivity index (χ2v) is 7.31. The summed E-state index contributed by atoms with van der Waals surface area (Å²) < 4.78 is 0.992. The number of rotatable bonds is 6. The number of unbranched alkanes of at least 4 members (excludes halogenated alkanes) is 1. The topological polar surface area (TPSA) is 89.3 Å². The summed E-state index contributed by atoms with van der Waals surface area (Å²) in [5.74, 6) is -1.71. The van der Waals surface area contributed by atoms with Gasteiger partial charge in [0.25, 0.3) is 5.56 Å². The van der Waals surface area contributed by atoms with Gasteiger partial charge in [-0.1, -0.05) is 46.2 Å². The number of ketones is 1. The second kappa shape index (κ2) is 7.64. The molecule has 138 valence electrons. The molecule has 26 heavy (non-hydrogen) atoms. The Morgan fingerprint density at radius 2 is 1.77 bits per heavy atom. The van der Waals surface area contributed by atoms with Crippen molar-refractivity contribution in [2.45, 2.75) is 47.0 Å². The number of hydrogen-bond acceptors (Lipinski definition) is 4. The molecule has 2 aromatic rings. The van der Waals surface area contributed by atoms with Crippen molar-refractivity contribution in [1.82, 2.24) is 9.78 Å². The van der Waals surface area contributed by atoms with E-state index in [1.54, 1.807) is 32.9 Å². The van der Waals surface area contributed by atoms with Crippen LogP contribution in [0.5, 0.6) is 0 Å². The van der Waals surface area contributed by atoms with Gasteiger partial charge in [-0.3, -0.25) is 9.59 Å². The van der Waals surface area contributed by atoms with Gasteiger partial charge in [-0.15, -0.1) is 0 Å². The van der Waals surface area contributed by atoms with E-state index in [9.17, 15) is 19.5 Å². The quantitative estimate of drug-likeness (QED) is 0.800. The lowest BCUT2D eigenvalue weighted by Gasteiger charge is -2.17. The maximum absolute atomic E-state index is 12.5. The van der Waals surface area contributed by atoms with E-state index in [4.69, 9.17) is 0 Å². The standard InChI is InChI=1S/C20H24N2O4/c1-5-6-7-13-8-10-14(11-9-13)22-18(24)15(19(25)26)12-16(21-22)17(23)20(2,3)4/h8-12H,5-7H2,1-4H3,(H,25,26). The zero-order valence-corrected chi connectivity index (χ0v) is 15.6. The van der Waals surface area contributed by atoms with Gasteiger partial charge in [-0.2, -0.15) is 9.78 Å². The summed E-state index contributed by atoms with van der Waals surface area (Å²) >= 11 is 0. The zero-order chi connectivity index (χ0) is 19.5. The number of nitrogens with zero attached hydrogens (tertiary/aromatic N) is 2. The Bertz CT molecular complexity index is 874. The van der Waals surface area contributed by atoms with Crippen LogP contribution in [0.4, 0.5) is 0 Å². The number of Topliss-reactive ketones (excluding diaryl/α,β-unsaturated/α-hetero) is 1. The molecule has 1 N–H and O–H groups in total. The predicted molar refractivity (Wildman–Crippen MR) is 99.2 cm³/mol. The van der Waals surface area contributed by atoms with Crippen molar-refractivity contribution in [2.75, 3.05) is 0 Å². The molecule has 0 aliphatic rings. The van der Waals surface area contributed by atoms with Crippen LogP contribution in [0, 0.1) is 5.41 Å². The highest BCUT2D eigenvalue weighted by atomic mass is 16.4. The van der Waals surface area contributed by atoms with Crippen LogP contribution in [0.25, 0.3) is 5.69 Å². The Kier molecular flexibility index (Phi) is 5.75. The van der Waals surface area contributed by atoms with Gasteiger partial charge < -0.3 is 5.11 Å². The van der Waals surface area contributed by atoms with Gasteiger partial charge in [0.1, 0.15) is 11.3 Å². The SMILES string of the molecule is CCCCc1ccc(-n2nc(C(=O)C(C)(C)C)cc(C(=O)O)c2=O)cc1. The molecule has 1 heterocycles. The van der Waals surface area contributed by atoms with Gasteiger partial charge in [0.2, 0.25) is 0 Å². The highest BCUT2D eigenvalue weighted by Crippen LogP contribution is 2.20. The van der Waals surface area contributed by atoms with Gasteiger partial charge in [-0.25, -0.2) is 4.79 Å². The molecule has 0 unspecified atom stereocenters. The van der Waals surface area contributed by atoms with Crippen molar-refractivity contribution in [3.63, 3.8) is 0 Å². The molecule has 0 aliphatic heterocycles. The maximum Gasteiger partial charge on any atom is 0.341 e. The van der Waals surface area contributed by atoms with E-state index in [2.05, 4.69) is 12.0 Å². The molecule has 0 atom stereocenters. The molecule has 0 saturated carbocycles. The average molecular weight is 356 g/mol. The van der Waals surface area contributed by atoms with Gasteiger partial charge in [0.05, 0.1) is 5.69 Å². The third kappa shape index (κ3) is 4.25. The molecule has 0 aliphatic carbocycles. The van der Waals surface area contributed by atoms with Crippen LogP contribution < -0.4 is 5.56 Å². The van der Waals surface area contributed by atoms with E-state index >= 15 is 0 Å². The zero-order valence-electron chi connectivity index (χ0n) is 15.6. The van der Waals surface area contributed by atoms with Crippen LogP contribution in [0.3, 0.4) is 0 Å². The predicted octanol–water partition coefficient (Wildman–Crippen LogP) is 3.50. The molecule has 0 spiro atoms. The Labute approximate surface area is 152 Å². The second-order valence-electron chi connectivity index (χ2n) is 7.31. The van der Waals surface area contributed by atoms with E-state index in [1.165, 1.54) is 0 Å². The van der Waals surface area contributed by atoms with Crippen molar-refractivity contribution in [3.8, 4) is 5.69 Å². The first-order valence-electron chi connectivity index (χ1n) is 8.67. The van der Waals surface area contributed by atoms with Gasteiger partial charge in [0.15, 0.2) is 5.78 Å². The molecule has 0 fully saturated rings. The molecule has 0 bridgehead atoms. The molecule has 0 amide bonds. The lowest BCUT2D eigenvalue weighted by molar-refractivity contribution is 0.0694. The normalized spacial score (nSPS) is 11.4. The summed E-state index contributed by atoms with van der Waals surface area (Å²) in [4.78, 5) is 36.5. The fourth-order valence-electron chi connectivity index (χ4n) is 2.50. The smallest absolute Gasteiger partial charge is 0.341 e. The minimum Gasteiger partial charge on any atom is -0.477 e. The molecular weight excluding hydrogens is 332 g/mol. The lowest BCUT2D eigenvalue weighted by atomic mass is 9.88. The van der Waals surface area contributed by atoms with Crippen molar-refractivity contribution < 1.29 is 14.7 Å². The fourth-order valence-corrected chi connectivity index (χ4v) is 2.50. The summed E-state index contributed by atoms with van der Waals surface area (Å²) in [5.41, 5.74) is -0.448. The van der Waals surface area contributed by atoms with Gasteiger partial charge >= 0.3 is 5.97 Å². The number of aryl methyl sites for hydroxylation is 1. The summed E-state index contributed by atoms with van der Waals surface area (Å²) in [7, 11) is 0. The molecule has 1 aromatic carbocycles. The summed E-state index contributed by atoms with van der Waals surface area (Å²) in [6, 6.07) is 8.27. The fraction of sp³-hybridized carbons (Fsp3) is 0.400. The molecular formula is C20H24N2O4. The third-order valence-electron chi connectivity index (χ3n) is 4.06. The van der Waals surface area contributed by atoms with Crippen molar-refractivity contribution in [3.05, 3.63) is 57.5 Å². The number of carbonyl (C=O) groups is 2. The largest absolute Gasteiger partial charge is 0.477 e. The van der Waals surface area contributed by atoms with E-state index in [0.717, 1.165) is 35.6 Å². The molecule has 0 saturated heterocycles. The van der Waals surface area contributed by atoms with E-state index in [-0.39, 0.29) is 11.5 Å². The van der Waals surface area contributed by atoms with E-state index in [0.29, 0.717) is 5.69 Å². The highest BCUT2D eigenvalue weighted by Gasteiger charge is 2.27. The number of carboxylic acid groups (broad SMARTS) is 1. The van der Waals surface area contributed by atoms with Crippen LogP contribution >= 0.6 is 0 Å². The molecule has 2 rings (SSSR count). The van der Waals surface area contributed by atoms with Crippen molar-refractivity contribution in [2.24, 2.45) is 5.41 Å². The Morgan fingerprint density at radius 1 is 1.15 bits per heavy atom. The van der Waals surface area contributed by atoms with E-state index < -0.39 is 22.5 Å². The summed E-state index contributed by atoms with van der Waals surface area (Å²) in [6.07, 6.45) is 3.08. The van der Waals surface area contributed by atoms with Crippen LogP contribution in [0.15, 0.2) is 35.1 Å². The first kappa shape index (κ1) is 19.6. The number of benzene rings is 1. The Morgan fingerprint density at radius 3 is 2.27 bits per heavy atom. The minimum atomic E-state index is -1.38. The number of hydrogen-bond donors (Lipinski definition) is 1. The summed E-state index contributed by atoms with van der Waals surface area (Å²) in [6.45, 7) is 7.27. The van der Waals surface area contributed by atoms with Crippen LogP contribution in [0.1, 0.15) is 66.9 Å². The monoisotopic (exact) mass is 356 g/mol. The van der Waals surface area contributed by atoms with Crippen molar-refractivity contribution >= 4 is 11.8 Å². The van der Waals surface area contributed by atoms with Gasteiger partial charge in [-0.05, 0) is 36.6 Å². The molecule has 1 aromatic heterocycles. The first-order chi connectivity index (χ1) is 12.1. The first-order valence-corrected chi connectivity index (χ1v) is 8.67. The summed E-state index contributed by atoms with van der Waals surface area (Å²) in [5, 5.41) is 13.5. The number of carboxylic acids is 1. The number of aromatic nitrogens is 2. The number of carbonyl (C=O) groups excluding carboxylic acids is 1. The van der Waals surface area contributed by atoms with Gasteiger partial charge in [0, 0.05) is 5.41 Å². The van der Waals surface area contributed by atoms with Crippen LogP contribution in [-0.2, 0) is 6.42 Å². The Hall–Kier alpha value is -2.76. The van der Waals surface area contributed by atoms with Crippen LogP contribution in [0.2, 0.25) is 0 Å². The minimum absolute atomic E-state index is 0.0374. The lowest BCUT2D eigenvalue weighted by Crippen LogP contribution is -2.31. The molecule has 6 heteroatoms. The Balaban J connectivity index is 2.57. The van der Waals surface area contributed by atoms with Crippen molar-refractivity contribution in [1.29, 1.82) is 0 Å². The van der Waals surface area contributed by atoms with E-state index in [1.807, 2.05) is 12.1 Å². The third-order valence-corrected chi connectivity index (χ3v) is 4.06.